The van der Waals surface area contributed by atoms with Crippen molar-refractivity contribution in [2.24, 2.45) is 0 Å². The average Bonchev–Trinajstić information content (AvgIpc) is 2.09. The molecule has 0 bridgehead atoms. The molecule has 12 rings (SSSR count). The Bertz CT molecular complexity index is 4150. The van der Waals surface area contributed by atoms with E-state index in [1.165, 1.54) is 34.4 Å². The molecular weight excluding hydrogens is 1140 g/mol. The van der Waals surface area contributed by atoms with Gasteiger partial charge < -0.3 is 29.2 Å². The van der Waals surface area contributed by atoms with Crippen molar-refractivity contribution in [3.8, 4) is 27.9 Å². The first-order chi connectivity index (χ1) is 41.9. The minimum absolute atomic E-state index is 0.114. The number of nitrogens with one attached hydrogen (secondary N) is 1. The molecule has 4 amide bonds. The van der Waals surface area contributed by atoms with Crippen LogP contribution in [0.2, 0.25) is 5.02 Å². The van der Waals surface area contributed by atoms with E-state index < -0.39 is 54.0 Å². The summed E-state index contributed by atoms with van der Waals surface area (Å²) in [5, 5.41) is 16.6. The number of carbonyl (C=O) groups excluding carboxylic acids is 7. The summed E-state index contributed by atoms with van der Waals surface area (Å²) in [5.74, 6) is -2.94. The van der Waals surface area contributed by atoms with Crippen molar-refractivity contribution in [1.82, 2.24) is 49.2 Å². The monoisotopic (exact) mass is 1200 g/mol. The molecular formula is C65H59ClF3N11O7. The Hall–Kier alpha value is -9.63. The highest BCUT2D eigenvalue weighted by Crippen LogP contribution is 2.33. The van der Waals surface area contributed by atoms with Crippen molar-refractivity contribution < 1.29 is 46.7 Å². The summed E-state index contributed by atoms with van der Waals surface area (Å²) in [6.07, 6.45) is 7.76. The van der Waals surface area contributed by atoms with Crippen molar-refractivity contribution in [3.63, 3.8) is 0 Å². The molecule has 1 unspecified atom stereocenters. The van der Waals surface area contributed by atoms with Gasteiger partial charge >= 0.3 is 0 Å². The number of halogens is 4. The summed E-state index contributed by atoms with van der Waals surface area (Å²) in [7, 11) is 0. The van der Waals surface area contributed by atoms with Crippen molar-refractivity contribution in [2.75, 3.05) is 24.5 Å². The van der Waals surface area contributed by atoms with E-state index in [4.69, 9.17) is 11.6 Å². The zero-order valence-electron chi connectivity index (χ0n) is 47.7. The standard InChI is InChI=1S/C33H29F2N5O3.C32H30ClFN6O4/c1-20-12-25(40(37-20)30-8-4-3-7-28(30)35)15-32(42)31-14-24(34)17-39(31)33(43)19-38-18-27(21(2)41)26-13-22(9-10-29(26)38)23-6-5-11-36-16-23;1-19(41)24-17-38(27-9-8-20(13-23(24)27)21-10-11-35-36-15-21)18-30(42)40-16-22(34)14-29(40)31(43)37-26-6-4-12-39(32(26)44)28-7-3-2-5-25(28)33/h3-13,16,18,24,31H,14-15,17,19H2,1-2H3;2-3,5,7-11,13,15,17,22,26,29H,4,6,12,14,16,18H2,1H3,(H,37,43)/t24-,31+;22-,26?,29+/m10/s1. The third kappa shape index (κ3) is 12.4. The molecule has 87 heavy (non-hydrogen) atoms. The zero-order valence-corrected chi connectivity index (χ0v) is 48.4. The summed E-state index contributed by atoms with van der Waals surface area (Å²) >= 11 is 6.31. The summed E-state index contributed by atoms with van der Waals surface area (Å²) in [6, 6.07) is 28.7. The number of Topliss-reactive ketones (excluding diaryl/α,β-unsaturated/α-hetero) is 3. The normalized spacial score (nSPS) is 18.4. The highest BCUT2D eigenvalue weighted by atomic mass is 35.5. The highest BCUT2D eigenvalue weighted by molar-refractivity contribution is 6.34. The third-order valence-corrected chi connectivity index (χ3v) is 16.4. The van der Waals surface area contributed by atoms with Crippen LogP contribution in [-0.4, -0.2) is 135 Å². The Morgan fingerprint density at radius 3 is 1.85 bits per heavy atom. The van der Waals surface area contributed by atoms with Gasteiger partial charge in [0, 0.05) is 88.2 Å². The van der Waals surface area contributed by atoms with Gasteiger partial charge in [-0.05, 0) is 111 Å². The number of anilines is 1. The number of nitrogens with zero attached hydrogens (tertiary/aromatic N) is 10. The summed E-state index contributed by atoms with van der Waals surface area (Å²) in [5.41, 5.74) is 7.47. The van der Waals surface area contributed by atoms with E-state index in [0.29, 0.717) is 74.4 Å². The van der Waals surface area contributed by atoms with Crippen LogP contribution >= 0.6 is 11.6 Å². The van der Waals surface area contributed by atoms with Crippen LogP contribution in [0.5, 0.6) is 0 Å². The second-order valence-electron chi connectivity index (χ2n) is 22.0. The molecule has 0 aliphatic carbocycles. The number of piperidine rings is 1. The summed E-state index contributed by atoms with van der Waals surface area (Å²) in [6.45, 7) is 4.32. The molecule has 9 aromatic rings. The van der Waals surface area contributed by atoms with Crippen molar-refractivity contribution in [2.45, 2.75) is 96.4 Å². The van der Waals surface area contributed by atoms with Crippen LogP contribution in [0.3, 0.4) is 0 Å². The van der Waals surface area contributed by atoms with E-state index in [0.717, 1.165) is 22.3 Å². The molecule has 5 aromatic heterocycles. The smallest absolute Gasteiger partial charge is 0.249 e. The first-order valence-electron chi connectivity index (χ1n) is 28.4. The number of rotatable bonds is 15. The number of carbonyl (C=O) groups is 7. The van der Waals surface area contributed by atoms with Gasteiger partial charge in [-0.25, -0.2) is 17.9 Å². The molecule has 1 N–H and O–H groups in total. The highest BCUT2D eigenvalue weighted by Gasteiger charge is 2.43. The van der Waals surface area contributed by atoms with Gasteiger partial charge in [0.1, 0.15) is 49.0 Å². The lowest BCUT2D eigenvalue weighted by atomic mass is 10.0. The van der Waals surface area contributed by atoms with Gasteiger partial charge in [-0.15, -0.1) is 0 Å². The van der Waals surface area contributed by atoms with Crippen LogP contribution in [0.1, 0.15) is 71.6 Å². The van der Waals surface area contributed by atoms with Crippen LogP contribution in [0.4, 0.5) is 18.9 Å². The van der Waals surface area contributed by atoms with E-state index in [1.807, 2.05) is 54.6 Å². The van der Waals surface area contributed by atoms with E-state index in [9.17, 15) is 46.7 Å². The van der Waals surface area contributed by atoms with Gasteiger partial charge in [0.15, 0.2) is 17.3 Å². The molecule has 5 atom stereocenters. The molecule has 18 nitrogen and oxygen atoms in total. The predicted octanol–water partition coefficient (Wildman–Crippen LogP) is 9.50. The Morgan fingerprint density at radius 2 is 1.26 bits per heavy atom. The topological polar surface area (TPSA) is 208 Å². The van der Waals surface area contributed by atoms with Crippen molar-refractivity contribution in [1.29, 1.82) is 0 Å². The van der Waals surface area contributed by atoms with Crippen LogP contribution in [0.15, 0.2) is 146 Å². The minimum atomic E-state index is -1.39. The Kier molecular flexibility index (Phi) is 17.1. The number of hydrogen-bond donors (Lipinski definition) is 1. The van der Waals surface area contributed by atoms with Gasteiger partial charge in [-0.3, -0.25) is 38.5 Å². The van der Waals surface area contributed by atoms with Crippen LogP contribution in [0.25, 0.3) is 49.7 Å². The number of hydrogen-bond acceptors (Lipinski definition) is 11. The number of aromatic nitrogens is 7. The lowest BCUT2D eigenvalue weighted by Gasteiger charge is -2.34. The number of benzene rings is 4. The van der Waals surface area contributed by atoms with Crippen molar-refractivity contribution in [3.05, 3.63) is 180 Å². The lowest BCUT2D eigenvalue weighted by molar-refractivity contribution is -0.139. The number of para-hydroxylation sites is 2. The molecule has 0 saturated carbocycles. The Balaban J connectivity index is 0.000000180. The second kappa shape index (κ2) is 25.1. The lowest BCUT2D eigenvalue weighted by Crippen LogP contribution is -2.56. The van der Waals surface area contributed by atoms with Gasteiger partial charge in [-0.1, -0.05) is 54.1 Å². The largest absolute Gasteiger partial charge is 0.342 e. The number of amides is 4. The third-order valence-electron chi connectivity index (χ3n) is 16.1. The summed E-state index contributed by atoms with van der Waals surface area (Å²) < 4.78 is 48.7. The number of alkyl halides is 2. The van der Waals surface area contributed by atoms with E-state index in [1.54, 1.807) is 107 Å². The molecule has 3 aliphatic rings. The first-order valence-corrected chi connectivity index (χ1v) is 28.8. The van der Waals surface area contributed by atoms with Crippen LogP contribution in [0, 0.1) is 12.7 Å². The quantitative estimate of drug-likeness (QED) is 0.0956. The maximum absolute atomic E-state index is 14.7. The number of likely N-dealkylation sites (tertiary alicyclic amines) is 2. The maximum atomic E-state index is 14.7. The van der Waals surface area contributed by atoms with E-state index >= 15 is 0 Å². The molecule has 8 heterocycles. The average molecular weight is 1200 g/mol. The number of fused-ring (bicyclic) bond motifs is 2. The zero-order chi connectivity index (χ0) is 61.2. The summed E-state index contributed by atoms with van der Waals surface area (Å²) in [4.78, 5) is 101. The minimum Gasteiger partial charge on any atom is -0.342 e. The van der Waals surface area contributed by atoms with Crippen LogP contribution < -0.4 is 10.2 Å². The molecule has 0 radical (unpaired) electrons. The van der Waals surface area contributed by atoms with Gasteiger partial charge in [-0.2, -0.15) is 15.3 Å². The van der Waals surface area contributed by atoms with E-state index in [2.05, 4.69) is 25.6 Å². The number of pyridine rings is 1. The number of ketones is 3. The molecule has 3 fully saturated rings. The Labute approximate surface area is 502 Å². The molecule has 4 aromatic carbocycles. The second-order valence-corrected chi connectivity index (χ2v) is 22.4. The van der Waals surface area contributed by atoms with Gasteiger partial charge in [0.25, 0.3) is 0 Å². The molecule has 3 saturated heterocycles. The van der Waals surface area contributed by atoms with Gasteiger partial charge in [0.05, 0.1) is 60.0 Å². The first kappa shape index (κ1) is 59.1. The van der Waals surface area contributed by atoms with Crippen LogP contribution in [-0.2, 0) is 43.5 Å². The molecule has 22 heteroatoms. The van der Waals surface area contributed by atoms with Gasteiger partial charge in [0.2, 0.25) is 23.6 Å². The van der Waals surface area contributed by atoms with E-state index in [-0.39, 0.29) is 74.4 Å². The predicted molar refractivity (Wildman–Crippen MR) is 320 cm³/mol. The fraction of sp³-hybridized carbons (Fsp3) is 0.277. The SMILES string of the molecule is CC(=O)c1cn(CC(=O)N2C[C@@H](F)C[C@@H]2C(=O)NC2CCCN(c3ccccc3Cl)C2=O)c2ccc(-c3ccnnc3)cc12.CC(=O)c1cn(CC(=O)N2C[C@H](F)C[C@H]2C(=O)Cc2cc(C)nn2-c2ccccc2F)c2ccc(-c3cccnc3)cc12. The molecule has 0 spiro atoms. The Morgan fingerprint density at radius 1 is 0.667 bits per heavy atom. The molecule has 444 valence electrons. The fourth-order valence-corrected chi connectivity index (χ4v) is 12.2. The maximum Gasteiger partial charge on any atom is 0.249 e. The van der Waals surface area contributed by atoms with Crippen molar-refractivity contribution >= 4 is 80.1 Å². The number of aryl methyl sites for hydroxylation is 1. The fourth-order valence-electron chi connectivity index (χ4n) is 11.9. The molecule has 3 aliphatic heterocycles.